The Kier molecular flexibility index (Phi) is 3.58. The molecule has 17 heavy (non-hydrogen) atoms. The first kappa shape index (κ1) is 11.9. The maximum absolute atomic E-state index is 5.16. The minimum atomic E-state index is 0.567. The van der Waals surface area contributed by atoms with Gasteiger partial charge in [-0.1, -0.05) is 26.1 Å². The summed E-state index contributed by atoms with van der Waals surface area (Å²) in [5.74, 6) is 1.25. The first-order valence-electron chi connectivity index (χ1n) is 5.52. The fourth-order valence-corrected chi connectivity index (χ4v) is 1.83. The molecule has 0 atom stereocenters. The fraction of sp³-hybridized carbons (Fsp3) is 0.333. The molecule has 2 aromatic rings. The van der Waals surface area contributed by atoms with E-state index >= 15 is 0 Å². The molecular formula is C12H14N4S. The highest BCUT2D eigenvalue weighted by atomic mass is 32.1. The first-order chi connectivity index (χ1) is 8.15. The van der Waals surface area contributed by atoms with E-state index < -0.39 is 0 Å². The van der Waals surface area contributed by atoms with Gasteiger partial charge < -0.3 is 4.98 Å². The van der Waals surface area contributed by atoms with E-state index in [2.05, 4.69) is 33.8 Å². The average Bonchev–Trinajstić information content (AvgIpc) is 2.28. The van der Waals surface area contributed by atoms with E-state index in [9.17, 15) is 0 Å². The van der Waals surface area contributed by atoms with Crippen molar-refractivity contribution in [2.45, 2.75) is 20.3 Å². The van der Waals surface area contributed by atoms with Gasteiger partial charge in [0.2, 0.25) is 0 Å². The third-order valence-corrected chi connectivity index (χ3v) is 2.44. The van der Waals surface area contributed by atoms with Gasteiger partial charge in [0.1, 0.15) is 10.3 Å². The molecule has 0 spiro atoms. The van der Waals surface area contributed by atoms with Crippen molar-refractivity contribution in [3.63, 3.8) is 0 Å². The molecule has 0 aliphatic carbocycles. The molecule has 2 heterocycles. The molecule has 5 heteroatoms. The molecule has 0 aliphatic rings. The lowest BCUT2D eigenvalue weighted by Gasteiger charge is -2.07. The summed E-state index contributed by atoms with van der Waals surface area (Å²) in [5, 5.41) is 0. The summed E-state index contributed by atoms with van der Waals surface area (Å²) in [4.78, 5) is 15.8. The van der Waals surface area contributed by atoms with Crippen molar-refractivity contribution in [1.82, 2.24) is 19.9 Å². The maximum atomic E-state index is 5.16. The lowest BCUT2D eigenvalue weighted by Crippen LogP contribution is -2.01. The quantitative estimate of drug-likeness (QED) is 0.846. The SMILES string of the molecule is CC(C)Cc1cc(=S)nc(-c2cnccn2)[nH]1. The van der Waals surface area contributed by atoms with E-state index in [1.165, 1.54) is 0 Å². The Labute approximate surface area is 105 Å². The molecule has 0 aliphatic heterocycles. The van der Waals surface area contributed by atoms with Crippen LogP contribution in [0.4, 0.5) is 0 Å². The predicted octanol–water partition coefficient (Wildman–Crippen LogP) is 2.79. The summed E-state index contributed by atoms with van der Waals surface area (Å²) >= 11 is 5.16. The highest BCUT2D eigenvalue weighted by Gasteiger charge is 2.05. The van der Waals surface area contributed by atoms with E-state index in [-0.39, 0.29) is 0 Å². The van der Waals surface area contributed by atoms with E-state index in [1.807, 2.05) is 6.07 Å². The van der Waals surface area contributed by atoms with E-state index in [0.29, 0.717) is 22.1 Å². The third-order valence-electron chi connectivity index (χ3n) is 2.23. The molecule has 0 unspecified atom stereocenters. The predicted molar refractivity (Wildman–Crippen MR) is 69.0 cm³/mol. The lowest BCUT2D eigenvalue weighted by atomic mass is 10.1. The van der Waals surface area contributed by atoms with Crippen molar-refractivity contribution in [1.29, 1.82) is 0 Å². The van der Waals surface area contributed by atoms with Crippen LogP contribution in [0.1, 0.15) is 19.5 Å². The van der Waals surface area contributed by atoms with Crippen molar-refractivity contribution in [3.8, 4) is 11.5 Å². The van der Waals surface area contributed by atoms with Gasteiger partial charge in [-0.25, -0.2) is 9.97 Å². The molecule has 2 aromatic heterocycles. The number of nitrogens with zero attached hydrogens (tertiary/aromatic N) is 3. The van der Waals surface area contributed by atoms with Gasteiger partial charge in [-0.3, -0.25) is 4.98 Å². The largest absolute Gasteiger partial charge is 0.342 e. The van der Waals surface area contributed by atoms with E-state index in [0.717, 1.165) is 12.1 Å². The lowest BCUT2D eigenvalue weighted by molar-refractivity contribution is 0.634. The number of nitrogens with one attached hydrogen (secondary N) is 1. The van der Waals surface area contributed by atoms with Gasteiger partial charge in [-0.05, 0) is 18.4 Å². The van der Waals surface area contributed by atoms with Gasteiger partial charge in [0, 0.05) is 18.1 Å². The topological polar surface area (TPSA) is 54.5 Å². The summed E-state index contributed by atoms with van der Waals surface area (Å²) in [7, 11) is 0. The molecular weight excluding hydrogens is 232 g/mol. The Hall–Kier alpha value is -1.62. The van der Waals surface area contributed by atoms with Gasteiger partial charge in [0.15, 0.2) is 5.82 Å². The zero-order chi connectivity index (χ0) is 12.3. The second kappa shape index (κ2) is 5.14. The van der Waals surface area contributed by atoms with Crippen LogP contribution < -0.4 is 0 Å². The Bertz CT molecular complexity index is 548. The second-order valence-corrected chi connectivity index (χ2v) is 4.70. The molecule has 0 radical (unpaired) electrons. The van der Waals surface area contributed by atoms with Crippen molar-refractivity contribution in [3.05, 3.63) is 35.0 Å². The highest BCUT2D eigenvalue weighted by Crippen LogP contribution is 2.12. The number of rotatable bonds is 3. The van der Waals surface area contributed by atoms with Crippen molar-refractivity contribution in [2.75, 3.05) is 0 Å². The monoisotopic (exact) mass is 246 g/mol. The van der Waals surface area contributed by atoms with Crippen LogP contribution in [0, 0.1) is 10.6 Å². The highest BCUT2D eigenvalue weighted by molar-refractivity contribution is 7.71. The van der Waals surface area contributed by atoms with Crippen LogP contribution in [0.25, 0.3) is 11.5 Å². The number of aromatic amines is 1. The maximum Gasteiger partial charge on any atom is 0.159 e. The van der Waals surface area contributed by atoms with Gasteiger partial charge >= 0.3 is 0 Å². The normalized spacial score (nSPS) is 10.8. The fourth-order valence-electron chi connectivity index (χ4n) is 1.60. The average molecular weight is 246 g/mol. The number of hydrogen-bond donors (Lipinski definition) is 1. The van der Waals surface area contributed by atoms with Crippen LogP contribution >= 0.6 is 12.2 Å². The van der Waals surface area contributed by atoms with Crippen LogP contribution in [0.2, 0.25) is 0 Å². The Balaban J connectivity index is 2.42. The minimum Gasteiger partial charge on any atom is -0.342 e. The molecule has 4 nitrogen and oxygen atoms in total. The van der Waals surface area contributed by atoms with Gasteiger partial charge in [-0.2, -0.15) is 0 Å². The summed E-state index contributed by atoms with van der Waals surface area (Å²) < 4.78 is 0.583. The van der Waals surface area contributed by atoms with Crippen LogP contribution in [0.5, 0.6) is 0 Å². The molecule has 2 rings (SSSR count). The Morgan fingerprint density at radius 2 is 2.18 bits per heavy atom. The standard InChI is InChI=1S/C12H14N4S/c1-8(2)5-9-6-11(17)16-12(15-9)10-7-13-3-4-14-10/h3-4,6-8H,5H2,1-2H3,(H,15,16,17). The van der Waals surface area contributed by atoms with Crippen LogP contribution in [-0.2, 0) is 6.42 Å². The molecule has 0 bridgehead atoms. The second-order valence-electron chi connectivity index (χ2n) is 4.28. The number of H-pyrrole nitrogens is 1. The molecule has 0 amide bonds. The smallest absolute Gasteiger partial charge is 0.159 e. The number of aromatic nitrogens is 4. The molecule has 0 aromatic carbocycles. The van der Waals surface area contributed by atoms with E-state index in [1.54, 1.807) is 18.6 Å². The molecule has 1 N–H and O–H groups in total. The molecule has 0 saturated heterocycles. The zero-order valence-electron chi connectivity index (χ0n) is 9.84. The summed E-state index contributed by atoms with van der Waals surface area (Å²) in [6.07, 6.45) is 5.89. The molecule has 0 fully saturated rings. The number of hydrogen-bond acceptors (Lipinski definition) is 4. The minimum absolute atomic E-state index is 0.567. The van der Waals surface area contributed by atoms with Crippen molar-refractivity contribution in [2.24, 2.45) is 5.92 Å². The summed E-state index contributed by atoms with van der Waals surface area (Å²) in [6, 6.07) is 1.90. The van der Waals surface area contributed by atoms with Gasteiger partial charge in [0.05, 0.1) is 6.20 Å². The van der Waals surface area contributed by atoms with Crippen LogP contribution in [0.15, 0.2) is 24.7 Å². The van der Waals surface area contributed by atoms with Crippen molar-refractivity contribution < 1.29 is 0 Å². The zero-order valence-corrected chi connectivity index (χ0v) is 10.7. The van der Waals surface area contributed by atoms with Gasteiger partial charge in [0.25, 0.3) is 0 Å². The third kappa shape index (κ3) is 3.17. The summed E-state index contributed by atoms with van der Waals surface area (Å²) in [5.41, 5.74) is 1.80. The Morgan fingerprint density at radius 3 is 2.82 bits per heavy atom. The summed E-state index contributed by atoms with van der Waals surface area (Å²) in [6.45, 7) is 4.33. The first-order valence-corrected chi connectivity index (χ1v) is 5.92. The van der Waals surface area contributed by atoms with Crippen LogP contribution in [-0.4, -0.2) is 19.9 Å². The van der Waals surface area contributed by atoms with Crippen LogP contribution in [0.3, 0.4) is 0 Å². The molecule has 0 saturated carbocycles. The molecule has 88 valence electrons. The van der Waals surface area contributed by atoms with Gasteiger partial charge in [-0.15, -0.1) is 0 Å². The Morgan fingerprint density at radius 1 is 1.35 bits per heavy atom. The van der Waals surface area contributed by atoms with Crippen molar-refractivity contribution >= 4 is 12.2 Å². The van der Waals surface area contributed by atoms with E-state index in [4.69, 9.17) is 12.2 Å².